The van der Waals surface area contributed by atoms with Gasteiger partial charge in [-0.1, -0.05) is 73.7 Å². The Kier molecular flexibility index (Phi) is 6.48. The molecule has 1 atom stereocenters. The van der Waals surface area contributed by atoms with Crippen molar-refractivity contribution in [1.29, 1.82) is 0 Å². The lowest BCUT2D eigenvalue weighted by Crippen LogP contribution is -2.54. The number of para-hydroxylation sites is 1. The lowest BCUT2D eigenvalue weighted by atomic mass is 9.82. The number of amides is 1. The maximum Gasteiger partial charge on any atom is 0.419 e. The molecule has 5 nitrogen and oxygen atoms in total. The van der Waals surface area contributed by atoms with Crippen LogP contribution >= 0.6 is 0 Å². The zero-order chi connectivity index (χ0) is 20.7. The zero-order valence-electron chi connectivity index (χ0n) is 16.3. The Bertz CT molecular complexity index is 957. The minimum atomic E-state index is -2.00. The summed E-state index contributed by atoms with van der Waals surface area (Å²) in [5.74, 6) is 4.97. The van der Waals surface area contributed by atoms with E-state index in [1.165, 1.54) is 11.0 Å². The number of carbonyl (C=O) groups excluding carboxylic acids is 2. The average Bonchev–Trinajstić information content (AvgIpc) is 2.76. The highest BCUT2D eigenvalue weighted by atomic mass is 16.6. The van der Waals surface area contributed by atoms with Crippen LogP contribution in [0.5, 0.6) is 0 Å². The van der Waals surface area contributed by atoms with Crippen LogP contribution in [-0.4, -0.2) is 22.6 Å². The molecule has 0 saturated heterocycles. The largest absolute Gasteiger partial charge is 0.444 e. The van der Waals surface area contributed by atoms with Gasteiger partial charge < -0.3 is 9.84 Å². The van der Waals surface area contributed by atoms with Gasteiger partial charge in [-0.05, 0) is 24.1 Å². The first-order valence-electron chi connectivity index (χ1n) is 9.61. The SMILES string of the molecule is CCCCC#CC1(O)C(=O)C=C1N(C(=O)OCc1ccccc1)c1ccccc1. The number of nitrogens with zero attached hydrogens (tertiary/aromatic N) is 1. The molecule has 0 saturated carbocycles. The first-order valence-corrected chi connectivity index (χ1v) is 9.61. The third kappa shape index (κ3) is 4.56. The van der Waals surface area contributed by atoms with Crippen LogP contribution < -0.4 is 4.90 Å². The van der Waals surface area contributed by atoms with Crippen LogP contribution in [0.3, 0.4) is 0 Å². The number of unbranched alkanes of at least 4 members (excludes halogenated alkanes) is 2. The second-order valence-corrected chi connectivity index (χ2v) is 6.72. The highest BCUT2D eigenvalue weighted by Gasteiger charge is 2.50. The summed E-state index contributed by atoms with van der Waals surface area (Å²) >= 11 is 0. The van der Waals surface area contributed by atoms with Crippen LogP contribution in [0.25, 0.3) is 0 Å². The number of ether oxygens (including phenoxy) is 1. The van der Waals surface area contributed by atoms with Crippen molar-refractivity contribution in [3.8, 4) is 11.8 Å². The minimum absolute atomic E-state index is 0.0742. The molecular formula is C24H23NO4. The molecule has 1 aliphatic carbocycles. The van der Waals surface area contributed by atoms with Crippen molar-refractivity contribution in [2.24, 2.45) is 0 Å². The van der Waals surface area contributed by atoms with E-state index < -0.39 is 17.5 Å². The van der Waals surface area contributed by atoms with E-state index in [4.69, 9.17) is 4.74 Å². The summed E-state index contributed by atoms with van der Waals surface area (Å²) < 4.78 is 5.45. The second kappa shape index (κ2) is 9.22. The van der Waals surface area contributed by atoms with Crippen molar-refractivity contribution in [2.45, 2.75) is 38.4 Å². The van der Waals surface area contributed by atoms with Crippen molar-refractivity contribution in [3.63, 3.8) is 0 Å². The molecule has 2 aromatic rings. The lowest BCUT2D eigenvalue weighted by molar-refractivity contribution is -0.127. The molecule has 2 aromatic carbocycles. The molecule has 1 amide bonds. The van der Waals surface area contributed by atoms with Gasteiger partial charge in [-0.2, -0.15) is 0 Å². The van der Waals surface area contributed by atoms with E-state index in [-0.39, 0.29) is 12.3 Å². The summed E-state index contributed by atoms with van der Waals surface area (Å²) in [4.78, 5) is 26.3. The second-order valence-electron chi connectivity index (χ2n) is 6.72. The van der Waals surface area contributed by atoms with Crippen molar-refractivity contribution >= 4 is 17.6 Å². The van der Waals surface area contributed by atoms with Gasteiger partial charge in [0, 0.05) is 12.5 Å². The van der Waals surface area contributed by atoms with Crippen molar-refractivity contribution < 1.29 is 19.4 Å². The van der Waals surface area contributed by atoms with Gasteiger partial charge in [-0.15, -0.1) is 0 Å². The molecule has 0 heterocycles. The van der Waals surface area contributed by atoms with Gasteiger partial charge >= 0.3 is 6.09 Å². The number of hydrogen-bond acceptors (Lipinski definition) is 4. The molecule has 0 spiro atoms. The van der Waals surface area contributed by atoms with E-state index >= 15 is 0 Å². The summed E-state index contributed by atoms with van der Waals surface area (Å²) in [6.07, 6.45) is 2.95. The molecule has 1 N–H and O–H groups in total. The number of benzene rings is 2. The van der Waals surface area contributed by atoms with Gasteiger partial charge in [0.25, 0.3) is 0 Å². The monoisotopic (exact) mass is 389 g/mol. The molecule has 0 aromatic heterocycles. The quantitative estimate of drug-likeness (QED) is 0.593. The third-order valence-electron chi connectivity index (χ3n) is 4.56. The normalized spacial score (nSPS) is 17.4. The van der Waals surface area contributed by atoms with Crippen LogP contribution in [0.15, 0.2) is 72.4 Å². The lowest BCUT2D eigenvalue weighted by Gasteiger charge is -2.37. The fourth-order valence-electron chi connectivity index (χ4n) is 2.89. The Labute approximate surface area is 170 Å². The van der Waals surface area contributed by atoms with Gasteiger partial charge in [0.15, 0.2) is 0 Å². The average molecular weight is 389 g/mol. The first-order chi connectivity index (χ1) is 14.1. The highest BCUT2D eigenvalue weighted by molar-refractivity contribution is 6.14. The molecule has 1 unspecified atom stereocenters. The summed E-state index contributed by atoms with van der Waals surface area (Å²) in [5.41, 5.74) is -0.578. The van der Waals surface area contributed by atoms with Crippen LogP contribution in [0.4, 0.5) is 10.5 Å². The van der Waals surface area contributed by atoms with Gasteiger partial charge in [0.05, 0.1) is 11.4 Å². The molecule has 29 heavy (non-hydrogen) atoms. The van der Waals surface area contributed by atoms with Crippen LogP contribution in [0, 0.1) is 11.8 Å². The molecule has 5 heteroatoms. The predicted octanol–water partition coefficient (Wildman–Crippen LogP) is 4.22. The Morgan fingerprint density at radius 1 is 1.10 bits per heavy atom. The maximum atomic E-state index is 12.9. The number of aliphatic hydroxyl groups is 1. The van der Waals surface area contributed by atoms with Gasteiger partial charge in [-0.3, -0.25) is 4.79 Å². The number of ketones is 1. The Balaban J connectivity index is 1.86. The topological polar surface area (TPSA) is 66.8 Å². The minimum Gasteiger partial charge on any atom is -0.444 e. The Morgan fingerprint density at radius 3 is 2.38 bits per heavy atom. The summed E-state index contributed by atoms with van der Waals surface area (Å²) in [7, 11) is 0. The Hall–Kier alpha value is -3.36. The smallest absolute Gasteiger partial charge is 0.419 e. The standard InChI is InChI=1S/C24H23NO4/c1-2-3-4-11-16-24(28)21(17-22(24)26)25(20-14-9-6-10-15-20)23(27)29-18-19-12-7-5-8-13-19/h5-10,12-15,17,28H,2-4,18H2,1H3. The summed E-state index contributed by atoms with van der Waals surface area (Å²) in [6.45, 7) is 2.11. The van der Waals surface area contributed by atoms with E-state index in [1.54, 1.807) is 24.3 Å². The fourth-order valence-corrected chi connectivity index (χ4v) is 2.89. The van der Waals surface area contributed by atoms with E-state index in [0.717, 1.165) is 18.4 Å². The third-order valence-corrected chi connectivity index (χ3v) is 4.56. The summed E-state index contributed by atoms with van der Waals surface area (Å²) in [6, 6.07) is 18.0. The maximum absolute atomic E-state index is 12.9. The van der Waals surface area contributed by atoms with Crippen molar-refractivity contribution in [2.75, 3.05) is 4.90 Å². The van der Waals surface area contributed by atoms with Crippen molar-refractivity contribution in [1.82, 2.24) is 0 Å². The molecule has 148 valence electrons. The first kappa shape index (κ1) is 20.4. The van der Waals surface area contributed by atoms with Crippen molar-refractivity contribution in [3.05, 3.63) is 78.0 Å². The van der Waals surface area contributed by atoms with Crippen LogP contribution in [0.1, 0.15) is 31.7 Å². The van der Waals surface area contributed by atoms with Gasteiger partial charge in [-0.25, -0.2) is 9.69 Å². The van der Waals surface area contributed by atoms with E-state index in [2.05, 4.69) is 11.8 Å². The van der Waals surface area contributed by atoms with Gasteiger partial charge in [0.2, 0.25) is 11.4 Å². The van der Waals surface area contributed by atoms with Crippen LogP contribution in [-0.2, 0) is 16.1 Å². The number of rotatable bonds is 6. The van der Waals surface area contributed by atoms with E-state index in [9.17, 15) is 14.7 Å². The number of anilines is 1. The van der Waals surface area contributed by atoms with Crippen LogP contribution in [0.2, 0.25) is 0 Å². The Morgan fingerprint density at radius 2 is 1.76 bits per heavy atom. The van der Waals surface area contributed by atoms with E-state index in [1.807, 2.05) is 43.3 Å². The fraction of sp³-hybridized carbons (Fsp3) is 0.250. The van der Waals surface area contributed by atoms with E-state index in [0.29, 0.717) is 12.1 Å². The molecule has 0 aliphatic heterocycles. The summed E-state index contributed by atoms with van der Waals surface area (Å²) in [5, 5.41) is 10.9. The molecule has 3 rings (SSSR count). The predicted molar refractivity (Wildman–Crippen MR) is 111 cm³/mol. The zero-order valence-corrected chi connectivity index (χ0v) is 16.3. The van der Waals surface area contributed by atoms with Gasteiger partial charge in [0.1, 0.15) is 6.61 Å². The molecule has 0 bridgehead atoms. The highest BCUT2D eigenvalue weighted by Crippen LogP contribution is 2.35. The number of hydrogen-bond donors (Lipinski definition) is 1. The molecule has 0 fully saturated rings. The number of carbonyl (C=O) groups is 2. The molecule has 0 radical (unpaired) electrons. The molecular weight excluding hydrogens is 366 g/mol. The molecule has 1 aliphatic rings.